The normalized spacial score (nSPS) is 11.8. The summed E-state index contributed by atoms with van der Waals surface area (Å²) in [6.07, 6.45) is 4.10. The van der Waals surface area contributed by atoms with Crippen molar-refractivity contribution in [2.24, 2.45) is 10.2 Å². The van der Waals surface area contributed by atoms with Crippen LogP contribution in [0.2, 0.25) is 0 Å². The van der Waals surface area contributed by atoms with E-state index in [1.807, 2.05) is 36.4 Å². The van der Waals surface area contributed by atoms with E-state index in [4.69, 9.17) is 0 Å². The van der Waals surface area contributed by atoms with Gasteiger partial charge in [0.25, 0.3) is 0 Å². The summed E-state index contributed by atoms with van der Waals surface area (Å²) in [6, 6.07) is 10.9. The summed E-state index contributed by atoms with van der Waals surface area (Å²) >= 11 is 0. The summed E-state index contributed by atoms with van der Waals surface area (Å²) in [7, 11) is 0. The molecule has 2 heterocycles. The van der Waals surface area contributed by atoms with Crippen molar-refractivity contribution in [2.75, 3.05) is 0 Å². The number of aromatic nitrogens is 2. The summed E-state index contributed by atoms with van der Waals surface area (Å²) in [6.45, 7) is 3.52. The van der Waals surface area contributed by atoms with Crippen molar-refractivity contribution >= 4 is 23.2 Å². The van der Waals surface area contributed by atoms with E-state index in [0.717, 1.165) is 0 Å². The van der Waals surface area contributed by atoms with E-state index >= 15 is 0 Å². The van der Waals surface area contributed by atoms with Crippen LogP contribution in [0, 0.1) is 0 Å². The van der Waals surface area contributed by atoms with Crippen molar-refractivity contribution in [1.29, 1.82) is 0 Å². The van der Waals surface area contributed by atoms with Crippen LogP contribution in [0.1, 0.15) is 44.5 Å². The van der Waals surface area contributed by atoms with Crippen LogP contribution in [0.4, 0.5) is 0 Å². The molecule has 0 aliphatic rings. The lowest BCUT2D eigenvalue weighted by molar-refractivity contribution is -0.122. The van der Waals surface area contributed by atoms with E-state index in [0.29, 0.717) is 29.2 Å². The molecule has 140 valence electrons. The fourth-order valence-electron chi connectivity index (χ4n) is 2.08. The van der Waals surface area contributed by atoms with Crippen LogP contribution in [0.3, 0.4) is 0 Å². The Labute approximate surface area is 157 Å². The van der Waals surface area contributed by atoms with E-state index < -0.39 is 0 Å². The number of pyridine rings is 2. The first-order valence-corrected chi connectivity index (χ1v) is 8.55. The molecule has 2 aromatic rings. The highest BCUT2D eigenvalue weighted by Gasteiger charge is 2.06. The number of hydrazone groups is 2. The van der Waals surface area contributed by atoms with E-state index in [2.05, 4.69) is 31.0 Å². The third-order valence-electron chi connectivity index (χ3n) is 3.58. The Hall–Kier alpha value is -3.42. The van der Waals surface area contributed by atoms with Crippen LogP contribution in [0.5, 0.6) is 0 Å². The number of amides is 2. The lowest BCUT2D eigenvalue weighted by atomic mass is 10.2. The van der Waals surface area contributed by atoms with Crippen LogP contribution in [0.15, 0.2) is 59.0 Å². The fraction of sp³-hybridized carbons (Fsp3) is 0.263. The first-order valence-electron chi connectivity index (χ1n) is 8.55. The Morgan fingerprint density at radius 2 is 1.26 bits per heavy atom. The van der Waals surface area contributed by atoms with Gasteiger partial charge >= 0.3 is 0 Å². The molecule has 0 saturated heterocycles. The molecule has 27 heavy (non-hydrogen) atoms. The maximum absolute atomic E-state index is 11.8. The van der Waals surface area contributed by atoms with Gasteiger partial charge in [0.2, 0.25) is 11.8 Å². The van der Waals surface area contributed by atoms with Crippen molar-refractivity contribution < 1.29 is 9.59 Å². The Morgan fingerprint density at radius 1 is 0.815 bits per heavy atom. The molecule has 0 bridgehead atoms. The molecule has 2 rings (SSSR count). The minimum Gasteiger partial charge on any atom is -0.273 e. The van der Waals surface area contributed by atoms with Crippen LogP contribution in [-0.2, 0) is 9.59 Å². The maximum atomic E-state index is 11.8. The molecular formula is C19H22N6O2. The second-order valence-corrected chi connectivity index (χ2v) is 5.75. The largest absolute Gasteiger partial charge is 0.273 e. The molecule has 0 aliphatic heterocycles. The highest BCUT2D eigenvalue weighted by molar-refractivity contribution is 5.98. The highest BCUT2D eigenvalue weighted by Crippen LogP contribution is 1.99. The molecule has 0 unspecified atom stereocenters. The molecule has 2 amide bonds. The molecule has 0 atom stereocenters. The molecule has 0 aromatic carbocycles. The average molecular weight is 366 g/mol. The van der Waals surface area contributed by atoms with E-state index in [-0.39, 0.29) is 24.7 Å². The molecule has 0 aliphatic carbocycles. The zero-order chi connectivity index (χ0) is 19.5. The van der Waals surface area contributed by atoms with Crippen molar-refractivity contribution in [1.82, 2.24) is 20.8 Å². The second kappa shape index (κ2) is 10.5. The minimum atomic E-state index is -0.258. The van der Waals surface area contributed by atoms with Crippen LogP contribution in [0.25, 0.3) is 0 Å². The molecule has 0 radical (unpaired) electrons. The summed E-state index contributed by atoms with van der Waals surface area (Å²) in [5.41, 5.74) is 7.55. The Morgan fingerprint density at radius 3 is 1.63 bits per heavy atom. The monoisotopic (exact) mass is 366 g/mol. The van der Waals surface area contributed by atoms with Crippen molar-refractivity contribution in [3.05, 3.63) is 60.2 Å². The molecule has 0 fully saturated rings. The van der Waals surface area contributed by atoms with E-state index in [1.165, 1.54) is 0 Å². The van der Waals surface area contributed by atoms with E-state index in [1.54, 1.807) is 26.2 Å². The first kappa shape index (κ1) is 19.9. The summed E-state index contributed by atoms with van der Waals surface area (Å²) in [5, 5.41) is 8.02. The Bertz CT molecular complexity index is 749. The number of hydrogen-bond acceptors (Lipinski definition) is 6. The predicted molar refractivity (Wildman–Crippen MR) is 103 cm³/mol. The van der Waals surface area contributed by atoms with Gasteiger partial charge in [0.05, 0.1) is 22.8 Å². The molecule has 0 spiro atoms. The molecule has 8 nitrogen and oxygen atoms in total. The second-order valence-electron chi connectivity index (χ2n) is 5.75. The lowest BCUT2D eigenvalue weighted by Gasteiger charge is -2.03. The minimum absolute atomic E-state index is 0.190. The van der Waals surface area contributed by atoms with Gasteiger partial charge in [0, 0.05) is 25.2 Å². The first-order chi connectivity index (χ1) is 13.1. The smallest absolute Gasteiger partial charge is 0.240 e. The number of nitrogens with one attached hydrogen (secondary N) is 2. The number of carbonyl (C=O) groups excluding carboxylic acids is 2. The van der Waals surface area contributed by atoms with Crippen molar-refractivity contribution in [3.63, 3.8) is 0 Å². The SMILES string of the molecule is CC(=NNC(=O)CCCC(=O)NN=C(C)c1ccccn1)c1ccccn1. The number of rotatable bonds is 8. The summed E-state index contributed by atoms with van der Waals surface area (Å²) in [4.78, 5) is 31.9. The Kier molecular flexibility index (Phi) is 7.77. The fourth-order valence-corrected chi connectivity index (χ4v) is 2.08. The molecular weight excluding hydrogens is 344 g/mol. The van der Waals surface area contributed by atoms with Gasteiger partial charge in [-0.1, -0.05) is 12.1 Å². The lowest BCUT2D eigenvalue weighted by Crippen LogP contribution is -2.22. The van der Waals surface area contributed by atoms with E-state index in [9.17, 15) is 9.59 Å². The third-order valence-corrected chi connectivity index (χ3v) is 3.58. The van der Waals surface area contributed by atoms with Gasteiger partial charge in [-0.25, -0.2) is 10.9 Å². The van der Waals surface area contributed by atoms with Gasteiger partial charge in [-0.05, 0) is 44.5 Å². The van der Waals surface area contributed by atoms with Gasteiger partial charge < -0.3 is 0 Å². The number of carbonyl (C=O) groups is 2. The highest BCUT2D eigenvalue weighted by atomic mass is 16.2. The zero-order valence-corrected chi connectivity index (χ0v) is 15.3. The van der Waals surface area contributed by atoms with Gasteiger partial charge in [0.15, 0.2) is 0 Å². The summed E-state index contributed by atoms with van der Waals surface area (Å²) < 4.78 is 0. The van der Waals surface area contributed by atoms with Gasteiger partial charge in [-0.15, -0.1) is 0 Å². The third kappa shape index (κ3) is 7.15. The van der Waals surface area contributed by atoms with Gasteiger partial charge in [-0.2, -0.15) is 10.2 Å². The molecule has 0 saturated carbocycles. The molecule has 2 N–H and O–H groups in total. The van der Waals surface area contributed by atoms with Gasteiger partial charge in [0.1, 0.15) is 0 Å². The van der Waals surface area contributed by atoms with Gasteiger partial charge in [-0.3, -0.25) is 19.6 Å². The molecule has 8 heteroatoms. The van der Waals surface area contributed by atoms with Crippen LogP contribution >= 0.6 is 0 Å². The Balaban J connectivity index is 1.69. The summed E-state index contributed by atoms with van der Waals surface area (Å²) in [5.74, 6) is -0.516. The maximum Gasteiger partial charge on any atom is 0.240 e. The number of nitrogens with zero attached hydrogens (tertiary/aromatic N) is 4. The zero-order valence-electron chi connectivity index (χ0n) is 15.3. The quantitative estimate of drug-likeness (QED) is 0.550. The predicted octanol–water partition coefficient (Wildman–Crippen LogP) is 2.03. The molecule has 2 aromatic heterocycles. The van der Waals surface area contributed by atoms with Crippen LogP contribution in [-0.4, -0.2) is 33.2 Å². The number of hydrogen-bond donors (Lipinski definition) is 2. The van der Waals surface area contributed by atoms with Crippen molar-refractivity contribution in [3.8, 4) is 0 Å². The standard InChI is InChI=1S/C19H22N6O2/c1-14(16-8-3-5-12-20-16)22-24-18(26)10-7-11-19(27)25-23-15(2)17-9-4-6-13-21-17/h3-6,8-9,12-13H,7,10-11H2,1-2H3,(H,24,26)(H,25,27). The van der Waals surface area contributed by atoms with Crippen LogP contribution < -0.4 is 10.9 Å². The van der Waals surface area contributed by atoms with Crippen molar-refractivity contribution in [2.45, 2.75) is 33.1 Å². The average Bonchev–Trinajstić information content (AvgIpc) is 2.71. The topological polar surface area (TPSA) is 109 Å².